The third-order valence-electron chi connectivity index (χ3n) is 1.82. The Kier molecular flexibility index (Phi) is 3.29. The third-order valence-corrected chi connectivity index (χ3v) is 2.74. The molecule has 0 aliphatic carbocycles. The Labute approximate surface area is 105 Å². The van der Waals surface area contributed by atoms with Crippen LogP contribution in [0.3, 0.4) is 0 Å². The van der Waals surface area contributed by atoms with Gasteiger partial charge in [0.2, 0.25) is 0 Å². The Hall–Kier alpha value is -0.580. The van der Waals surface area contributed by atoms with E-state index in [1.165, 1.54) is 0 Å². The van der Waals surface area contributed by atoms with Crippen LogP contribution in [0, 0.1) is 0 Å². The number of hydrogen-bond acceptors (Lipinski definition) is 2. The van der Waals surface area contributed by atoms with Crippen molar-refractivity contribution in [2.45, 2.75) is 5.88 Å². The molecule has 2 aromatic heterocycles. The van der Waals surface area contributed by atoms with E-state index in [1.54, 1.807) is 23.3 Å². The molecule has 0 fully saturated rings. The minimum atomic E-state index is 0.374. The maximum Gasteiger partial charge on any atom is 0.157 e. The molecular weight excluding hydrogens is 301 g/mol. The van der Waals surface area contributed by atoms with Gasteiger partial charge in [0, 0.05) is 16.2 Å². The summed E-state index contributed by atoms with van der Waals surface area (Å²) in [6, 6.07) is 1.91. The van der Waals surface area contributed by atoms with Crippen molar-refractivity contribution < 1.29 is 0 Å². The van der Waals surface area contributed by atoms with Gasteiger partial charge in [-0.1, -0.05) is 11.6 Å². The molecule has 0 bridgehead atoms. The Balaban J connectivity index is 2.52. The van der Waals surface area contributed by atoms with Crippen molar-refractivity contribution in [3.05, 3.63) is 39.7 Å². The van der Waals surface area contributed by atoms with E-state index in [4.69, 9.17) is 23.2 Å². The van der Waals surface area contributed by atoms with Crippen LogP contribution >= 0.6 is 39.1 Å². The first-order valence-corrected chi connectivity index (χ1v) is 5.82. The van der Waals surface area contributed by atoms with Gasteiger partial charge in [0.1, 0.15) is 0 Å². The largest absolute Gasteiger partial charge is 0.236 e. The van der Waals surface area contributed by atoms with E-state index in [0.29, 0.717) is 16.7 Å². The van der Waals surface area contributed by atoms with Gasteiger partial charge in [-0.25, -0.2) is 9.67 Å². The fourth-order valence-corrected chi connectivity index (χ4v) is 1.91. The number of hydrogen-bond donors (Lipinski definition) is 0. The quantitative estimate of drug-likeness (QED) is 0.796. The third kappa shape index (κ3) is 2.33. The topological polar surface area (TPSA) is 30.7 Å². The molecule has 0 atom stereocenters. The molecule has 0 N–H and O–H groups in total. The summed E-state index contributed by atoms with van der Waals surface area (Å²) < 4.78 is 2.49. The maximum atomic E-state index is 5.83. The molecule has 2 aromatic rings. The lowest BCUT2D eigenvalue weighted by molar-refractivity contribution is 0.835. The van der Waals surface area contributed by atoms with Crippen molar-refractivity contribution in [1.29, 1.82) is 0 Å². The molecule has 0 aliphatic heterocycles. The number of halogens is 3. The average Bonchev–Trinajstić information content (AvgIpc) is 2.64. The highest BCUT2D eigenvalue weighted by Gasteiger charge is 2.07. The summed E-state index contributed by atoms with van der Waals surface area (Å²) in [4.78, 5) is 4.24. The van der Waals surface area contributed by atoms with E-state index >= 15 is 0 Å². The summed E-state index contributed by atoms with van der Waals surface area (Å²) in [6.07, 6.45) is 4.94. The monoisotopic (exact) mass is 305 g/mol. The Morgan fingerprint density at radius 1 is 1.40 bits per heavy atom. The predicted octanol–water partition coefficient (Wildman–Crippen LogP) is 3.42. The zero-order chi connectivity index (χ0) is 10.8. The maximum absolute atomic E-state index is 5.83. The van der Waals surface area contributed by atoms with Crippen LogP contribution in [-0.2, 0) is 5.88 Å². The molecule has 3 nitrogen and oxygen atoms in total. The first-order valence-electron chi connectivity index (χ1n) is 4.11. The summed E-state index contributed by atoms with van der Waals surface area (Å²) in [6.45, 7) is 0. The summed E-state index contributed by atoms with van der Waals surface area (Å²) in [5.41, 5.74) is 0.894. The van der Waals surface area contributed by atoms with Gasteiger partial charge in [-0.15, -0.1) is 11.6 Å². The van der Waals surface area contributed by atoms with Crippen molar-refractivity contribution in [3.8, 4) is 5.82 Å². The molecule has 0 aromatic carbocycles. The second kappa shape index (κ2) is 4.51. The van der Waals surface area contributed by atoms with Crippen molar-refractivity contribution in [2.24, 2.45) is 0 Å². The van der Waals surface area contributed by atoms with E-state index in [2.05, 4.69) is 26.0 Å². The van der Waals surface area contributed by atoms with Gasteiger partial charge in [0.15, 0.2) is 5.82 Å². The van der Waals surface area contributed by atoms with Crippen LogP contribution in [0.2, 0.25) is 5.02 Å². The smallest absolute Gasteiger partial charge is 0.157 e. The molecule has 0 spiro atoms. The van der Waals surface area contributed by atoms with Crippen molar-refractivity contribution in [1.82, 2.24) is 14.8 Å². The predicted molar refractivity (Wildman–Crippen MR) is 63.6 cm³/mol. The van der Waals surface area contributed by atoms with Gasteiger partial charge >= 0.3 is 0 Å². The van der Waals surface area contributed by atoms with Gasteiger partial charge in [0.05, 0.1) is 23.3 Å². The first kappa shape index (κ1) is 10.9. The molecular formula is C9H6BrCl2N3. The van der Waals surface area contributed by atoms with Gasteiger partial charge in [-0.2, -0.15) is 5.10 Å². The van der Waals surface area contributed by atoms with Crippen molar-refractivity contribution >= 4 is 39.1 Å². The Morgan fingerprint density at radius 2 is 2.20 bits per heavy atom. The molecule has 0 aliphatic rings. The molecule has 0 radical (unpaired) electrons. The minimum Gasteiger partial charge on any atom is -0.236 e. The first-order chi connectivity index (χ1) is 7.20. The standard InChI is InChI=1S/C9H6BrCl2N3/c10-7-1-6(2-11)9(13-3-7)15-5-8(12)4-14-15/h1,3-5H,2H2. The molecule has 15 heavy (non-hydrogen) atoms. The number of nitrogens with zero attached hydrogens (tertiary/aromatic N) is 3. The van der Waals surface area contributed by atoms with Crippen LogP contribution in [0.4, 0.5) is 0 Å². The number of pyridine rings is 1. The molecule has 78 valence electrons. The Morgan fingerprint density at radius 3 is 2.80 bits per heavy atom. The molecule has 6 heteroatoms. The van der Waals surface area contributed by atoms with Crippen LogP contribution in [0.5, 0.6) is 0 Å². The highest BCUT2D eigenvalue weighted by atomic mass is 79.9. The fourth-order valence-electron chi connectivity index (χ4n) is 1.20. The van der Waals surface area contributed by atoms with E-state index < -0.39 is 0 Å². The van der Waals surface area contributed by atoms with Crippen LogP contribution in [-0.4, -0.2) is 14.8 Å². The normalized spacial score (nSPS) is 10.6. The highest BCUT2D eigenvalue weighted by molar-refractivity contribution is 9.10. The zero-order valence-corrected chi connectivity index (χ0v) is 10.6. The average molecular weight is 307 g/mol. The molecule has 2 heterocycles. The van der Waals surface area contributed by atoms with E-state index in [1.807, 2.05) is 6.07 Å². The minimum absolute atomic E-state index is 0.374. The van der Waals surface area contributed by atoms with E-state index in [-0.39, 0.29) is 0 Å². The molecule has 0 saturated carbocycles. The van der Waals surface area contributed by atoms with Gasteiger partial charge in [-0.05, 0) is 22.0 Å². The summed E-state index contributed by atoms with van der Waals surface area (Å²) in [5, 5.41) is 4.64. The highest BCUT2D eigenvalue weighted by Crippen LogP contribution is 2.19. The van der Waals surface area contributed by atoms with Crippen LogP contribution in [0.25, 0.3) is 5.82 Å². The van der Waals surface area contributed by atoms with Crippen LogP contribution in [0.1, 0.15) is 5.56 Å². The second-order valence-electron chi connectivity index (χ2n) is 2.87. The number of rotatable bonds is 2. The van der Waals surface area contributed by atoms with Gasteiger partial charge in [-0.3, -0.25) is 0 Å². The summed E-state index contributed by atoms with van der Waals surface area (Å²) >= 11 is 14.9. The lowest BCUT2D eigenvalue weighted by Crippen LogP contribution is -2.01. The molecule has 0 saturated heterocycles. The van der Waals surface area contributed by atoms with Crippen molar-refractivity contribution in [2.75, 3.05) is 0 Å². The lowest BCUT2D eigenvalue weighted by atomic mass is 10.3. The van der Waals surface area contributed by atoms with E-state index in [9.17, 15) is 0 Å². The number of alkyl halides is 1. The fraction of sp³-hybridized carbons (Fsp3) is 0.111. The zero-order valence-electron chi connectivity index (χ0n) is 7.49. The lowest BCUT2D eigenvalue weighted by Gasteiger charge is -2.05. The van der Waals surface area contributed by atoms with Gasteiger partial charge in [0.25, 0.3) is 0 Å². The second-order valence-corrected chi connectivity index (χ2v) is 4.49. The van der Waals surface area contributed by atoms with Crippen LogP contribution in [0.15, 0.2) is 29.1 Å². The summed E-state index contributed by atoms with van der Waals surface area (Å²) in [5.74, 6) is 1.07. The molecule has 2 rings (SSSR count). The molecule has 0 amide bonds. The van der Waals surface area contributed by atoms with E-state index in [0.717, 1.165) is 10.0 Å². The number of aromatic nitrogens is 3. The Bertz CT molecular complexity index is 484. The molecule has 0 unspecified atom stereocenters. The van der Waals surface area contributed by atoms with Crippen LogP contribution < -0.4 is 0 Å². The van der Waals surface area contributed by atoms with Gasteiger partial charge < -0.3 is 0 Å². The van der Waals surface area contributed by atoms with Crippen molar-refractivity contribution in [3.63, 3.8) is 0 Å². The summed E-state index contributed by atoms with van der Waals surface area (Å²) in [7, 11) is 0. The SMILES string of the molecule is ClCc1cc(Br)cnc1-n1cc(Cl)cn1.